The van der Waals surface area contributed by atoms with Crippen LogP contribution in [0.5, 0.6) is 11.5 Å². The van der Waals surface area contributed by atoms with E-state index >= 15 is 0 Å². The zero-order valence-corrected chi connectivity index (χ0v) is 13.4. The molecule has 0 N–H and O–H groups in total. The van der Waals surface area contributed by atoms with Crippen LogP contribution in [0.15, 0.2) is 71.6 Å². The van der Waals surface area contributed by atoms with E-state index in [4.69, 9.17) is 8.92 Å². The molecule has 0 atom stereocenters. The van der Waals surface area contributed by atoms with E-state index in [1.807, 2.05) is 19.1 Å². The van der Waals surface area contributed by atoms with Crippen LogP contribution in [0.2, 0.25) is 0 Å². The summed E-state index contributed by atoms with van der Waals surface area (Å²) in [4.78, 5) is 0.125. The first-order valence-corrected chi connectivity index (χ1v) is 8.67. The highest BCUT2D eigenvalue weighted by atomic mass is 32.2. The molecule has 0 aliphatic rings. The summed E-state index contributed by atoms with van der Waals surface area (Å²) < 4.78 is 36.0. The smallest absolute Gasteiger partial charge is 0.339 e. The Morgan fingerprint density at radius 3 is 2.17 bits per heavy atom. The highest BCUT2D eigenvalue weighted by Gasteiger charge is 2.21. The summed E-state index contributed by atoms with van der Waals surface area (Å²) in [6.45, 7) is 2.40. The predicted octanol–water partition coefficient (Wildman–Crippen LogP) is 4.01. The van der Waals surface area contributed by atoms with Gasteiger partial charge in [0.2, 0.25) is 0 Å². The van der Waals surface area contributed by atoms with Gasteiger partial charge in [0.05, 0.1) is 6.61 Å². The molecule has 0 aromatic heterocycles. The van der Waals surface area contributed by atoms with Gasteiger partial charge in [0.25, 0.3) is 0 Å². The van der Waals surface area contributed by atoms with Crippen molar-refractivity contribution < 1.29 is 17.3 Å². The van der Waals surface area contributed by atoms with Crippen LogP contribution in [-0.4, -0.2) is 15.0 Å². The van der Waals surface area contributed by atoms with E-state index < -0.39 is 10.1 Å². The molecular formula is C18H16O4S. The van der Waals surface area contributed by atoms with Crippen molar-refractivity contribution in [2.75, 3.05) is 6.61 Å². The molecule has 3 rings (SSSR count). The maximum atomic E-state index is 12.6. The molecule has 0 radical (unpaired) electrons. The Balaban J connectivity index is 2.11. The third-order valence-electron chi connectivity index (χ3n) is 3.36. The molecule has 0 aliphatic carbocycles. The van der Waals surface area contributed by atoms with Crippen LogP contribution < -0.4 is 8.92 Å². The van der Waals surface area contributed by atoms with Crippen LogP contribution in [0.4, 0.5) is 0 Å². The van der Waals surface area contributed by atoms with Crippen molar-refractivity contribution in [1.82, 2.24) is 0 Å². The number of hydrogen-bond acceptors (Lipinski definition) is 4. The topological polar surface area (TPSA) is 52.6 Å². The quantitative estimate of drug-likeness (QED) is 0.664. The molecule has 118 valence electrons. The lowest BCUT2D eigenvalue weighted by atomic mass is 10.1. The molecule has 0 unspecified atom stereocenters. The molecule has 4 nitrogen and oxygen atoms in total. The number of hydrogen-bond donors (Lipinski definition) is 0. The minimum atomic E-state index is -3.93. The van der Waals surface area contributed by atoms with Crippen LogP contribution in [0.25, 0.3) is 10.8 Å². The Labute approximate surface area is 135 Å². The standard InChI is InChI=1S/C18H16O4S/c1-2-21-17-12-13-18(16-11-7-6-10-15(16)17)23(19,20)22-14-8-4-3-5-9-14/h3-13H,2H2,1H3. The molecule has 0 amide bonds. The maximum Gasteiger partial charge on any atom is 0.339 e. The van der Waals surface area contributed by atoms with Gasteiger partial charge in [-0.3, -0.25) is 0 Å². The van der Waals surface area contributed by atoms with Crippen molar-refractivity contribution in [1.29, 1.82) is 0 Å². The Hall–Kier alpha value is -2.53. The fourth-order valence-electron chi connectivity index (χ4n) is 2.39. The Morgan fingerprint density at radius 1 is 0.826 bits per heavy atom. The van der Waals surface area contributed by atoms with Crippen LogP contribution in [0, 0.1) is 0 Å². The molecule has 0 bridgehead atoms. The van der Waals surface area contributed by atoms with Crippen LogP contribution in [0.3, 0.4) is 0 Å². The highest BCUT2D eigenvalue weighted by Crippen LogP contribution is 2.32. The first kappa shape index (κ1) is 15.4. The summed E-state index contributed by atoms with van der Waals surface area (Å²) in [6, 6.07) is 18.9. The first-order chi connectivity index (χ1) is 11.1. The van der Waals surface area contributed by atoms with Crippen molar-refractivity contribution in [2.45, 2.75) is 11.8 Å². The van der Waals surface area contributed by atoms with E-state index in [0.29, 0.717) is 17.7 Å². The van der Waals surface area contributed by atoms with Gasteiger partial charge in [-0.2, -0.15) is 8.42 Å². The Morgan fingerprint density at radius 2 is 1.48 bits per heavy atom. The van der Waals surface area contributed by atoms with Crippen molar-refractivity contribution in [3.05, 3.63) is 66.7 Å². The average molecular weight is 328 g/mol. The summed E-state index contributed by atoms with van der Waals surface area (Å²) in [5.74, 6) is 0.937. The lowest BCUT2D eigenvalue weighted by Gasteiger charge is -2.12. The fraction of sp³-hybridized carbons (Fsp3) is 0.111. The van der Waals surface area contributed by atoms with Crippen molar-refractivity contribution >= 4 is 20.9 Å². The van der Waals surface area contributed by atoms with Gasteiger partial charge in [-0.25, -0.2) is 0 Å². The molecule has 5 heteroatoms. The fourth-order valence-corrected chi connectivity index (χ4v) is 3.53. The zero-order chi connectivity index (χ0) is 16.3. The van der Waals surface area contributed by atoms with Gasteiger partial charge in [-0.05, 0) is 31.2 Å². The van der Waals surface area contributed by atoms with Crippen LogP contribution in [0.1, 0.15) is 6.92 Å². The van der Waals surface area contributed by atoms with Gasteiger partial charge in [0.1, 0.15) is 16.4 Å². The summed E-state index contributed by atoms with van der Waals surface area (Å²) in [5.41, 5.74) is 0. The lowest BCUT2D eigenvalue weighted by Crippen LogP contribution is -2.10. The van der Waals surface area contributed by atoms with Crippen LogP contribution in [-0.2, 0) is 10.1 Å². The molecule has 0 aliphatic heterocycles. The Bertz CT molecular complexity index is 918. The van der Waals surface area contributed by atoms with Gasteiger partial charge in [0.15, 0.2) is 0 Å². The van der Waals surface area contributed by atoms with Gasteiger partial charge >= 0.3 is 10.1 Å². The summed E-state index contributed by atoms with van der Waals surface area (Å²) in [7, 11) is -3.93. The summed E-state index contributed by atoms with van der Waals surface area (Å²) >= 11 is 0. The number of rotatable bonds is 5. The number of ether oxygens (including phenoxy) is 1. The molecule has 0 spiro atoms. The second-order valence-corrected chi connectivity index (χ2v) is 6.41. The molecular weight excluding hydrogens is 312 g/mol. The SMILES string of the molecule is CCOc1ccc(S(=O)(=O)Oc2ccccc2)c2ccccc12. The molecule has 0 saturated heterocycles. The van der Waals surface area contributed by atoms with Gasteiger partial charge in [-0.1, -0.05) is 42.5 Å². The predicted molar refractivity (Wildman–Crippen MR) is 89.4 cm³/mol. The van der Waals surface area contributed by atoms with E-state index in [-0.39, 0.29) is 10.6 Å². The molecule has 23 heavy (non-hydrogen) atoms. The monoisotopic (exact) mass is 328 g/mol. The Kier molecular flexibility index (Phi) is 4.21. The molecule has 3 aromatic carbocycles. The summed E-state index contributed by atoms with van der Waals surface area (Å²) in [6.07, 6.45) is 0. The third kappa shape index (κ3) is 3.14. The molecule has 0 fully saturated rings. The van der Waals surface area contributed by atoms with E-state index in [1.165, 1.54) is 6.07 Å². The van der Waals surface area contributed by atoms with E-state index in [1.54, 1.807) is 48.5 Å². The van der Waals surface area contributed by atoms with Gasteiger partial charge in [0, 0.05) is 10.8 Å². The van der Waals surface area contributed by atoms with Gasteiger partial charge < -0.3 is 8.92 Å². The normalized spacial score (nSPS) is 11.3. The number of fused-ring (bicyclic) bond motifs is 1. The van der Waals surface area contributed by atoms with Crippen molar-refractivity contribution in [3.63, 3.8) is 0 Å². The third-order valence-corrected chi connectivity index (χ3v) is 4.67. The summed E-state index contributed by atoms with van der Waals surface area (Å²) in [5, 5.41) is 1.32. The van der Waals surface area contributed by atoms with E-state index in [0.717, 1.165) is 5.39 Å². The number of para-hydroxylation sites is 1. The zero-order valence-electron chi connectivity index (χ0n) is 12.6. The van der Waals surface area contributed by atoms with Crippen molar-refractivity contribution in [3.8, 4) is 11.5 Å². The van der Waals surface area contributed by atoms with E-state index in [9.17, 15) is 8.42 Å². The van der Waals surface area contributed by atoms with Crippen LogP contribution >= 0.6 is 0 Å². The average Bonchev–Trinajstić information content (AvgIpc) is 2.56. The second-order valence-electron chi connectivity index (χ2n) is 4.89. The highest BCUT2D eigenvalue weighted by molar-refractivity contribution is 7.87. The lowest BCUT2D eigenvalue weighted by molar-refractivity contribution is 0.344. The number of benzene rings is 3. The van der Waals surface area contributed by atoms with E-state index in [2.05, 4.69) is 0 Å². The molecule has 0 heterocycles. The largest absolute Gasteiger partial charge is 0.493 e. The minimum Gasteiger partial charge on any atom is -0.493 e. The van der Waals surface area contributed by atoms with Gasteiger partial charge in [-0.15, -0.1) is 0 Å². The van der Waals surface area contributed by atoms with Crippen molar-refractivity contribution in [2.24, 2.45) is 0 Å². The maximum absolute atomic E-state index is 12.6. The molecule has 3 aromatic rings. The second kappa shape index (κ2) is 6.30. The molecule has 0 saturated carbocycles. The first-order valence-electron chi connectivity index (χ1n) is 7.26. The minimum absolute atomic E-state index is 0.125.